The summed E-state index contributed by atoms with van der Waals surface area (Å²) < 4.78 is 21.1. The van der Waals surface area contributed by atoms with Gasteiger partial charge in [0, 0.05) is 35.2 Å². The van der Waals surface area contributed by atoms with Crippen LogP contribution in [0.4, 0.5) is 4.39 Å². The largest absolute Gasteiger partial charge is 0.458 e. The third-order valence-corrected chi connectivity index (χ3v) is 7.43. The first-order valence-electron chi connectivity index (χ1n) is 13.8. The van der Waals surface area contributed by atoms with Gasteiger partial charge in [0.05, 0.1) is 29.0 Å². The number of hydrogen-bond acceptors (Lipinski definition) is 7. The fraction of sp³-hybridized carbons (Fsp3) is 0.500. The summed E-state index contributed by atoms with van der Waals surface area (Å²) in [5, 5.41) is 22.8. The van der Waals surface area contributed by atoms with Crippen LogP contribution >= 0.6 is 0 Å². The highest BCUT2D eigenvalue weighted by atomic mass is 19.1. The second-order valence-electron chi connectivity index (χ2n) is 10.2. The van der Waals surface area contributed by atoms with Crippen LogP contribution in [0.2, 0.25) is 0 Å². The zero-order valence-electron chi connectivity index (χ0n) is 23.4. The summed E-state index contributed by atoms with van der Waals surface area (Å²) in [6, 6.07) is 3.67. The fourth-order valence-corrected chi connectivity index (χ4v) is 5.53. The van der Waals surface area contributed by atoms with E-state index in [0.29, 0.717) is 47.2 Å². The second kappa shape index (κ2) is 11.9. The lowest BCUT2D eigenvalue weighted by Crippen LogP contribution is -2.32. The predicted molar refractivity (Wildman–Crippen MR) is 148 cm³/mol. The van der Waals surface area contributed by atoms with Crippen LogP contribution in [0.25, 0.3) is 22.3 Å². The molecule has 3 aliphatic rings. The first kappa shape index (κ1) is 28.9. The molecule has 1 aliphatic carbocycles. The summed E-state index contributed by atoms with van der Waals surface area (Å²) >= 11 is 0. The molecule has 4 heterocycles. The van der Waals surface area contributed by atoms with Gasteiger partial charge >= 0.3 is 5.97 Å². The Morgan fingerprint density at radius 3 is 2.56 bits per heavy atom. The number of carbonyl (C=O) groups is 1. The molecule has 1 aromatic carbocycles. The molecule has 0 radical (unpaired) electrons. The second-order valence-corrected chi connectivity index (χ2v) is 10.2. The summed E-state index contributed by atoms with van der Waals surface area (Å²) in [6.45, 7) is 11.5. The number of pyridine rings is 2. The number of cyclic esters (lactones) is 1. The maximum atomic E-state index is 14.5. The lowest BCUT2D eigenvalue weighted by atomic mass is 9.85. The van der Waals surface area contributed by atoms with Crippen molar-refractivity contribution in [3.8, 4) is 11.4 Å². The topological polar surface area (TPSA) is 114 Å². The fourth-order valence-electron chi connectivity index (χ4n) is 5.53. The quantitative estimate of drug-likeness (QED) is 0.267. The number of aromatic nitrogens is 2. The molecule has 1 atom stereocenters. The number of carbonyl (C=O) groups excluding carboxylic acids is 1. The molecule has 9 heteroatoms. The molecular weight excluding hydrogens is 501 g/mol. The van der Waals surface area contributed by atoms with E-state index in [1.165, 1.54) is 6.07 Å². The Balaban J connectivity index is 0.000000307. The summed E-state index contributed by atoms with van der Waals surface area (Å²) in [5.41, 5.74) is 5.86. The van der Waals surface area contributed by atoms with E-state index in [1.54, 1.807) is 17.6 Å². The number of ether oxygens (including phenoxy) is 1. The minimum atomic E-state index is -1.48. The van der Waals surface area contributed by atoms with Gasteiger partial charge < -0.3 is 24.8 Å². The van der Waals surface area contributed by atoms with Crippen LogP contribution < -0.4 is 10.9 Å². The molecule has 0 saturated heterocycles. The number of nitrogens with one attached hydrogen (secondary N) is 1. The van der Waals surface area contributed by atoms with Crippen LogP contribution in [0.3, 0.4) is 0 Å². The molecular formula is C30H38FN3O5. The van der Waals surface area contributed by atoms with Gasteiger partial charge in [0.15, 0.2) is 6.10 Å². The van der Waals surface area contributed by atoms with E-state index in [-0.39, 0.29) is 23.5 Å². The number of aryl methyl sites for hydroxylation is 2. The van der Waals surface area contributed by atoms with Crippen molar-refractivity contribution >= 4 is 16.9 Å². The number of hydrogen-bond donors (Lipinski definition) is 3. The third kappa shape index (κ3) is 5.23. The van der Waals surface area contributed by atoms with Crippen molar-refractivity contribution in [1.82, 2.24) is 14.9 Å². The predicted octanol–water partition coefficient (Wildman–Crippen LogP) is 3.84. The first-order valence-corrected chi connectivity index (χ1v) is 13.8. The third-order valence-electron chi connectivity index (χ3n) is 7.43. The Morgan fingerprint density at radius 1 is 1.15 bits per heavy atom. The number of rotatable bonds is 4. The van der Waals surface area contributed by atoms with Gasteiger partial charge in [0.2, 0.25) is 0 Å². The van der Waals surface area contributed by atoms with Crippen molar-refractivity contribution < 1.29 is 24.1 Å². The van der Waals surface area contributed by atoms with Gasteiger partial charge in [0.25, 0.3) is 5.56 Å². The Morgan fingerprint density at radius 2 is 1.87 bits per heavy atom. The number of fused-ring (bicyclic) bond motifs is 5. The van der Waals surface area contributed by atoms with Crippen LogP contribution in [0.5, 0.6) is 0 Å². The van der Waals surface area contributed by atoms with Crippen molar-refractivity contribution in [2.24, 2.45) is 0 Å². The molecule has 8 nitrogen and oxygen atoms in total. The van der Waals surface area contributed by atoms with Crippen molar-refractivity contribution in [1.29, 1.82) is 0 Å². The zero-order valence-corrected chi connectivity index (χ0v) is 23.4. The van der Waals surface area contributed by atoms with Crippen LogP contribution in [0.1, 0.15) is 80.0 Å². The lowest BCUT2D eigenvalue weighted by Gasteiger charge is -2.22. The molecule has 0 fully saturated rings. The average molecular weight is 540 g/mol. The van der Waals surface area contributed by atoms with Gasteiger partial charge in [-0.15, -0.1) is 0 Å². The normalized spacial score (nSPS) is 16.4. The monoisotopic (exact) mass is 539 g/mol. The highest BCUT2D eigenvalue weighted by Crippen LogP contribution is 2.41. The van der Waals surface area contributed by atoms with Gasteiger partial charge in [-0.05, 0) is 61.9 Å². The van der Waals surface area contributed by atoms with Crippen molar-refractivity contribution in [2.45, 2.75) is 85.6 Å². The molecule has 0 spiro atoms. The zero-order chi connectivity index (χ0) is 28.4. The van der Waals surface area contributed by atoms with E-state index in [2.05, 4.69) is 19.2 Å². The maximum absolute atomic E-state index is 14.5. The van der Waals surface area contributed by atoms with E-state index < -0.39 is 12.1 Å². The van der Waals surface area contributed by atoms with Gasteiger partial charge in [-0.3, -0.25) is 4.79 Å². The number of aliphatic hydroxyl groups is 2. The SMILES string of the molecule is CC.CC(C)NCCCO.Cc1c(F)cc2nc3c(c4c2c1CCC4)Cn1c-3cc2c(c1=O)COC(=O)C2O. The Labute approximate surface area is 227 Å². The molecule has 2 aliphatic heterocycles. The average Bonchev–Trinajstić information content (AvgIpc) is 3.30. The van der Waals surface area contributed by atoms with E-state index in [1.807, 2.05) is 13.8 Å². The molecule has 6 rings (SSSR count). The Bertz CT molecular complexity index is 1460. The van der Waals surface area contributed by atoms with E-state index >= 15 is 0 Å². The summed E-state index contributed by atoms with van der Waals surface area (Å²) in [7, 11) is 0. The smallest absolute Gasteiger partial charge is 0.340 e. The van der Waals surface area contributed by atoms with Gasteiger partial charge in [-0.25, -0.2) is 14.2 Å². The van der Waals surface area contributed by atoms with Crippen molar-refractivity contribution in [2.75, 3.05) is 13.2 Å². The highest BCUT2D eigenvalue weighted by molar-refractivity contribution is 5.92. The number of benzene rings is 1. The molecule has 3 aromatic rings. The molecule has 2 aromatic heterocycles. The van der Waals surface area contributed by atoms with Crippen molar-refractivity contribution in [3.63, 3.8) is 0 Å². The minimum Gasteiger partial charge on any atom is -0.458 e. The molecule has 1 unspecified atom stereocenters. The molecule has 0 amide bonds. The van der Waals surface area contributed by atoms with E-state index in [9.17, 15) is 19.1 Å². The minimum absolute atomic E-state index is 0.141. The summed E-state index contributed by atoms with van der Waals surface area (Å²) in [5.74, 6) is -1.03. The van der Waals surface area contributed by atoms with Crippen molar-refractivity contribution in [3.05, 3.63) is 61.7 Å². The molecule has 3 N–H and O–H groups in total. The van der Waals surface area contributed by atoms with E-state index in [0.717, 1.165) is 54.3 Å². The van der Waals surface area contributed by atoms with Crippen LogP contribution in [0, 0.1) is 12.7 Å². The van der Waals surface area contributed by atoms with Gasteiger partial charge in [-0.2, -0.15) is 0 Å². The number of halogens is 1. The van der Waals surface area contributed by atoms with Crippen LogP contribution in [-0.4, -0.2) is 44.9 Å². The molecule has 39 heavy (non-hydrogen) atoms. The number of esters is 1. The molecule has 0 saturated carbocycles. The molecule has 0 bridgehead atoms. The highest BCUT2D eigenvalue weighted by Gasteiger charge is 2.35. The van der Waals surface area contributed by atoms with Crippen LogP contribution in [0.15, 0.2) is 16.9 Å². The van der Waals surface area contributed by atoms with Gasteiger partial charge in [-0.1, -0.05) is 27.7 Å². The number of nitrogens with zero attached hydrogens (tertiary/aromatic N) is 2. The first-order chi connectivity index (χ1) is 18.7. The maximum Gasteiger partial charge on any atom is 0.340 e. The van der Waals surface area contributed by atoms with Gasteiger partial charge in [0.1, 0.15) is 12.4 Å². The summed E-state index contributed by atoms with van der Waals surface area (Å²) in [4.78, 5) is 29.6. The standard InChI is InChI=1S/C22H17FN2O4.C6H15NO.C2H6/c1-9-10-3-2-4-11-13-7-25-17(19(13)24-16(18(10)11)6-15(9)23)5-12-14(21(25)27)8-29-22(28)20(12)26;1-6(2)7-4-3-5-8;1-2/h5-6,20,26H,2-4,7-8H2,1H3;6-8H,3-5H2,1-2H3;1-2H3. The Hall–Kier alpha value is -3.14. The lowest BCUT2D eigenvalue weighted by molar-refractivity contribution is -0.157. The Kier molecular flexibility index (Phi) is 8.83. The van der Waals surface area contributed by atoms with Crippen LogP contribution in [-0.2, 0) is 35.5 Å². The number of aliphatic hydroxyl groups excluding tert-OH is 2. The summed E-state index contributed by atoms with van der Waals surface area (Å²) in [6.07, 6.45) is 1.97. The van der Waals surface area contributed by atoms with E-state index in [4.69, 9.17) is 14.8 Å². The molecule has 210 valence electrons.